The number of fused-ring (bicyclic) bond motifs is 1. The second-order valence-corrected chi connectivity index (χ2v) is 11.2. The van der Waals surface area contributed by atoms with Gasteiger partial charge in [0.15, 0.2) is 11.7 Å². The van der Waals surface area contributed by atoms with E-state index >= 15 is 8.78 Å². The quantitative estimate of drug-likeness (QED) is 0.590. The molecule has 3 heterocycles. The Kier molecular flexibility index (Phi) is 6.98. The Morgan fingerprint density at radius 1 is 1.08 bits per heavy atom. The van der Waals surface area contributed by atoms with E-state index in [0.717, 1.165) is 37.3 Å². The Balaban J connectivity index is 1.23. The maximum atomic E-state index is 15.1. The number of piperazine rings is 1. The van der Waals surface area contributed by atoms with E-state index in [0.29, 0.717) is 50.7 Å². The van der Waals surface area contributed by atoms with Gasteiger partial charge in [0.1, 0.15) is 5.52 Å². The number of nitrogens with zero attached hydrogens (tertiary/aromatic N) is 4. The van der Waals surface area contributed by atoms with E-state index < -0.39 is 24.2 Å². The summed E-state index contributed by atoms with van der Waals surface area (Å²) < 4.78 is 41.9. The summed E-state index contributed by atoms with van der Waals surface area (Å²) in [5, 5.41) is 0. The third-order valence-electron chi connectivity index (χ3n) is 8.49. The van der Waals surface area contributed by atoms with E-state index in [2.05, 4.69) is 35.6 Å². The van der Waals surface area contributed by atoms with Gasteiger partial charge in [0.2, 0.25) is 5.89 Å². The number of aromatic nitrogens is 1. The third-order valence-corrected chi connectivity index (χ3v) is 8.49. The molecule has 3 fully saturated rings. The number of amides is 1. The molecule has 0 bridgehead atoms. The topological polar surface area (TPSA) is 62.1 Å². The van der Waals surface area contributed by atoms with E-state index in [-0.39, 0.29) is 11.8 Å². The van der Waals surface area contributed by atoms with Gasteiger partial charge < -0.3 is 14.1 Å². The zero-order valence-corrected chi connectivity index (χ0v) is 21.6. The van der Waals surface area contributed by atoms with E-state index in [4.69, 9.17) is 9.15 Å². The van der Waals surface area contributed by atoms with Gasteiger partial charge >= 0.3 is 6.09 Å². The van der Waals surface area contributed by atoms with Crippen molar-refractivity contribution in [1.29, 1.82) is 0 Å². The Morgan fingerprint density at radius 2 is 1.78 bits per heavy atom. The first-order valence-corrected chi connectivity index (χ1v) is 13.3. The van der Waals surface area contributed by atoms with Gasteiger partial charge in [-0.25, -0.2) is 18.6 Å². The molecule has 7 nitrogen and oxygen atoms in total. The summed E-state index contributed by atoms with van der Waals surface area (Å²) in [5.74, 6) is -2.35. The van der Waals surface area contributed by atoms with E-state index in [1.165, 1.54) is 0 Å². The highest BCUT2D eigenvalue weighted by Crippen LogP contribution is 2.40. The van der Waals surface area contributed by atoms with Crippen molar-refractivity contribution in [2.45, 2.75) is 82.4 Å². The van der Waals surface area contributed by atoms with Crippen molar-refractivity contribution in [3.05, 3.63) is 30.2 Å². The van der Waals surface area contributed by atoms with Crippen LogP contribution in [0.15, 0.2) is 28.7 Å². The third kappa shape index (κ3) is 4.96. The number of carbonyl (C=O) groups excluding carboxylic acids is 1. The second-order valence-electron chi connectivity index (χ2n) is 11.2. The number of carbonyl (C=O) groups is 1. The van der Waals surface area contributed by atoms with Crippen LogP contribution in [-0.4, -0.2) is 89.2 Å². The predicted octanol–water partition coefficient (Wildman–Crippen LogP) is 4.90. The molecule has 3 aliphatic rings. The predicted molar refractivity (Wildman–Crippen MR) is 133 cm³/mol. The molecule has 5 rings (SSSR count). The Hall–Kier alpha value is -2.26. The number of piperidine rings is 1. The molecular weight excluding hydrogens is 466 g/mol. The van der Waals surface area contributed by atoms with Crippen molar-refractivity contribution in [3.8, 4) is 0 Å². The Bertz CT molecular complexity index is 1030. The van der Waals surface area contributed by atoms with Crippen molar-refractivity contribution in [2.24, 2.45) is 0 Å². The first-order chi connectivity index (χ1) is 17.2. The zero-order chi connectivity index (χ0) is 25.5. The molecule has 198 valence electrons. The number of oxazole rings is 1. The number of ether oxygens (including phenoxy) is 1. The molecule has 1 aromatic carbocycles. The van der Waals surface area contributed by atoms with Gasteiger partial charge in [-0.15, -0.1) is 0 Å². The summed E-state index contributed by atoms with van der Waals surface area (Å²) in [6.07, 6.45) is 0.0750. The molecule has 0 spiro atoms. The van der Waals surface area contributed by atoms with Crippen LogP contribution >= 0.6 is 0 Å². The van der Waals surface area contributed by atoms with Crippen molar-refractivity contribution in [2.75, 3.05) is 39.3 Å². The largest absolute Gasteiger partial charge is 0.440 e. The van der Waals surface area contributed by atoms with Crippen molar-refractivity contribution in [3.63, 3.8) is 0 Å². The summed E-state index contributed by atoms with van der Waals surface area (Å²) in [6.45, 7) is 10.4. The average molecular weight is 505 g/mol. The molecule has 2 aliphatic heterocycles. The highest BCUT2D eigenvalue weighted by Gasteiger charge is 2.52. The molecule has 1 aliphatic carbocycles. The molecule has 1 aromatic heterocycles. The minimum Gasteiger partial charge on any atom is -0.440 e. The Labute approximate surface area is 211 Å². The number of likely N-dealkylation sites (tertiary alicyclic amines) is 1. The van der Waals surface area contributed by atoms with Gasteiger partial charge in [-0.05, 0) is 51.7 Å². The van der Waals surface area contributed by atoms with Crippen LogP contribution in [0.4, 0.5) is 13.6 Å². The number of para-hydroxylation sites is 2. The number of hydrogen-bond donors (Lipinski definition) is 0. The maximum Gasteiger partial charge on any atom is 0.410 e. The highest BCUT2D eigenvalue weighted by atomic mass is 19.3. The number of alkyl halides is 2. The van der Waals surface area contributed by atoms with E-state index in [1.54, 1.807) is 4.90 Å². The maximum absolute atomic E-state index is 15.1. The minimum atomic E-state index is -3.02. The van der Waals surface area contributed by atoms with E-state index in [9.17, 15) is 4.79 Å². The summed E-state index contributed by atoms with van der Waals surface area (Å²) in [7, 11) is 0. The number of benzene rings is 1. The molecule has 0 N–H and O–H groups in total. The molecule has 1 unspecified atom stereocenters. The number of hydrogen-bond acceptors (Lipinski definition) is 6. The molecular formula is C27H38F2N4O3. The van der Waals surface area contributed by atoms with Crippen LogP contribution in [0.1, 0.15) is 58.8 Å². The van der Waals surface area contributed by atoms with E-state index in [1.807, 2.05) is 24.3 Å². The molecule has 0 radical (unpaired) electrons. The van der Waals surface area contributed by atoms with Crippen LogP contribution in [-0.2, 0) is 10.2 Å². The van der Waals surface area contributed by atoms with Crippen LogP contribution in [0, 0.1) is 0 Å². The van der Waals surface area contributed by atoms with Gasteiger partial charge in [-0.2, -0.15) is 0 Å². The van der Waals surface area contributed by atoms with Gasteiger partial charge in [-0.3, -0.25) is 9.80 Å². The first-order valence-electron chi connectivity index (χ1n) is 13.3. The highest BCUT2D eigenvalue weighted by molar-refractivity contribution is 5.72. The lowest BCUT2D eigenvalue weighted by Crippen LogP contribution is -2.61. The fraction of sp³-hybridized carbons (Fsp3) is 0.704. The molecule has 1 saturated carbocycles. The summed E-state index contributed by atoms with van der Waals surface area (Å²) in [6, 6.07) is 7.65. The molecule has 2 saturated heterocycles. The van der Waals surface area contributed by atoms with Crippen LogP contribution in [0.25, 0.3) is 11.1 Å². The van der Waals surface area contributed by atoms with Gasteiger partial charge in [0.25, 0.3) is 5.92 Å². The van der Waals surface area contributed by atoms with Gasteiger partial charge in [0, 0.05) is 57.1 Å². The lowest BCUT2D eigenvalue weighted by molar-refractivity contribution is -0.170. The molecule has 2 aromatic rings. The summed E-state index contributed by atoms with van der Waals surface area (Å²) >= 11 is 0. The van der Waals surface area contributed by atoms with Gasteiger partial charge in [-0.1, -0.05) is 19.1 Å². The molecule has 1 amide bonds. The molecule has 9 heteroatoms. The SMILES string of the molecule is CC(C)N1CCN([C@H]2CCCC(F)(F)C2OC(=O)N2CCC(C)(c3nc4ccccc4o3)CC2)CC1. The summed E-state index contributed by atoms with van der Waals surface area (Å²) in [5.41, 5.74) is 1.24. The monoisotopic (exact) mass is 504 g/mol. The smallest absolute Gasteiger partial charge is 0.410 e. The van der Waals surface area contributed by atoms with Crippen LogP contribution in [0.3, 0.4) is 0 Å². The summed E-state index contributed by atoms with van der Waals surface area (Å²) in [4.78, 5) is 23.8. The van der Waals surface area contributed by atoms with Crippen molar-refractivity contribution >= 4 is 17.2 Å². The van der Waals surface area contributed by atoms with Crippen molar-refractivity contribution < 1.29 is 22.7 Å². The number of rotatable bonds is 4. The standard InChI is InChI=1S/C27H38F2N4O3/c1-19(2)31-15-17-32(18-16-31)21-8-6-10-27(28,29)23(21)36-25(34)33-13-11-26(3,12-14-33)24-30-20-7-4-5-9-22(20)35-24/h4-5,7,9,19,21,23H,6,8,10-18H2,1-3H3/t21-,23?/m0/s1. The normalized spacial score (nSPS) is 27.4. The fourth-order valence-corrected chi connectivity index (χ4v) is 5.96. The molecule has 36 heavy (non-hydrogen) atoms. The van der Waals surface area contributed by atoms with Gasteiger partial charge in [0.05, 0.1) is 6.04 Å². The zero-order valence-electron chi connectivity index (χ0n) is 21.6. The fourth-order valence-electron chi connectivity index (χ4n) is 5.96. The average Bonchev–Trinajstić information content (AvgIpc) is 3.31. The minimum absolute atomic E-state index is 0.233. The Morgan fingerprint density at radius 3 is 2.44 bits per heavy atom. The lowest BCUT2D eigenvalue weighted by Gasteiger charge is -2.47. The number of halogens is 2. The van der Waals surface area contributed by atoms with Crippen LogP contribution < -0.4 is 0 Å². The van der Waals surface area contributed by atoms with Crippen molar-refractivity contribution in [1.82, 2.24) is 19.7 Å². The van der Waals surface area contributed by atoms with Crippen LogP contribution in [0.5, 0.6) is 0 Å². The molecule has 2 atom stereocenters. The second kappa shape index (κ2) is 9.89. The first kappa shape index (κ1) is 25.4. The lowest BCUT2D eigenvalue weighted by atomic mass is 9.80. The van der Waals surface area contributed by atoms with Crippen LogP contribution in [0.2, 0.25) is 0 Å².